The van der Waals surface area contributed by atoms with Gasteiger partial charge >= 0.3 is 0 Å². The van der Waals surface area contributed by atoms with Crippen molar-refractivity contribution in [2.45, 2.75) is 38.1 Å². The predicted octanol–water partition coefficient (Wildman–Crippen LogP) is 3.91. The molecule has 1 heterocycles. The molecule has 0 aliphatic rings. The van der Waals surface area contributed by atoms with Crippen LogP contribution in [0.1, 0.15) is 26.7 Å². The summed E-state index contributed by atoms with van der Waals surface area (Å²) in [5.41, 5.74) is 1.22. The average Bonchev–Trinajstić information content (AvgIpc) is 2.41. The van der Waals surface area contributed by atoms with E-state index in [0.717, 1.165) is 40.9 Å². The molecule has 18 heavy (non-hydrogen) atoms. The molecular formula is C15H19NOS. The molecule has 0 atom stereocenters. The van der Waals surface area contributed by atoms with Gasteiger partial charge in [-0.15, -0.1) is 11.8 Å². The molecule has 0 bridgehead atoms. The van der Waals surface area contributed by atoms with E-state index in [1.54, 1.807) is 11.8 Å². The van der Waals surface area contributed by atoms with E-state index in [4.69, 9.17) is 0 Å². The number of aryl methyl sites for hydroxylation is 1. The fraction of sp³-hybridized carbons (Fsp3) is 0.400. The van der Waals surface area contributed by atoms with Gasteiger partial charge in [-0.25, -0.2) is 0 Å². The van der Waals surface area contributed by atoms with Gasteiger partial charge in [0.2, 0.25) is 5.43 Å². The van der Waals surface area contributed by atoms with Gasteiger partial charge in [0.05, 0.1) is 10.4 Å². The van der Waals surface area contributed by atoms with Crippen LogP contribution in [-0.4, -0.2) is 10.3 Å². The van der Waals surface area contributed by atoms with E-state index in [0.29, 0.717) is 0 Å². The predicted molar refractivity (Wildman–Crippen MR) is 79.5 cm³/mol. The number of hydrogen-bond donors (Lipinski definition) is 0. The number of nitrogens with zero attached hydrogens (tertiary/aromatic N) is 1. The van der Waals surface area contributed by atoms with Crippen molar-refractivity contribution in [3.05, 3.63) is 40.7 Å². The lowest BCUT2D eigenvalue weighted by Gasteiger charge is -2.12. The van der Waals surface area contributed by atoms with Crippen molar-refractivity contribution in [2.24, 2.45) is 0 Å². The Balaban J connectivity index is 2.59. The molecule has 1 aromatic carbocycles. The summed E-state index contributed by atoms with van der Waals surface area (Å²) in [6.07, 6.45) is 4.18. The van der Waals surface area contributed by atoms with E-state index in [1.807, 2.05) is 30.5 Å². The number of aromatic nitrogens is 1. The van der Waals surface area contributed by atoms with Crippen molar-refractivity contribution >= 4 is 22.7 Å². The first-order chi connectivity index (χ1) is 8.77. The summed E-state index contributed by atoms with van der Waals surface area (Å²) in [4.78, 5) is 13.2. The quantitative estimate of drug-likeness (QED) is 0.761. The van der Waals surface area contributed by atoms with E-state index in [2.05, 4.69) is 18.4 Å². The highest BCUT2D eigenvalue weighted by atomic mass is 32.2. The van der Waals surface area contributed by atoms with Crippen LogP contribution >= 0.6 is 11.8 Å². The SMILES string of the molecule is CCCSc1cn(CCC)c2ccccc2c1=O. The fourth-order valence-corrected chi connectivity index (χ4v) is 2.93. The fourth-order valence-electron chi connectivity index (χ4n) is 2.06. The average molecular weight is 261 g/mol. The molecule has 0 fully saturated rings. The molecule has 0 radical (unpaired) electrons. The lowest BCUT2D eigenvalue weighted by atomic mass is 10.2. The number of para-hydroxylation sites is 1. The summed E-state index contributed by atoms with van der Waals surface area (Å²) in [5, 5.41) is 0.840. The standard InChI is InChI=1S/C15H19NOS/c1-3-9-16-11-14(18-10-4-2)15(17)12-7-5-6-8-13(12)16/h5-8,11H,3-4,9-10H2,1-2H3. The Bertz CT molecular complexity index is 589. The molecule has 0 aliphatic carbocycles. The minimum atomic E-state index is 0.177. The maximum atomic E-state index is 12.4. The highest BCUT2D eigenvalue weighted by molar-refractivity contribution is 7.99. The van der Waals surface area contributed by atoms with Crippen LogP contribution in [-0.2, 0) is 6.54 Å². The van der Waals surface area contributed by atoms with Gasteiger partial charge in [-0.2, -0.15) is 0 Å². The summed E-state index contributed by atoms with van der Waals surface area (Å²) in [6.45, 7) is 5.25. The zero-order valence-corrected chi connectivity index (χ0v) is 11.8. The van der Waals surface area contributed by atoms with E-state index in [-0.39, 0.29) is 5.43 Å². The summed E-state index contributed by atoms with van der Waals surface area (Å²) < 4.78 is 2.20. The van der Waals surface area contributed by atoms with Crippen molar-refractivity contribution in [3.63, 3.8) is 0 Å². The van der Waals surface area contributed by atoms with Crippen LogP contribution in [0.2, 0.25) is 0 Å². The lowest BCUT2D eigenvalue weighted by molar-refractivity contribution is 0.690. The Labute approximate surface area is 112 Å². The third-order valence-corrected chi connectivity index (χ3v) is 4.10. The summed E-state index contributed by atoms with van der Waals surface area (Å²) in [6, 6.07) is 7.89. The highest BCUT2D eigenvalue weighted by Crippen LogP contribution is 2.19. The van der Waals surface area contributed by atoms with Crippen LogP contribution in [0.25, 0.3) is 10.9 Å². The van der Waals surface area contributed by atoms with Gasteiger partial charge in [0.25, 0.3) is 0 Å². The summed E-state index contributed by atoms with van der Waals surface area (Å²) in [5.74, 6) is 1.000. The molecule has 2 nitrogen and oxygen atoms in total. The normalized spacial score (nSPS) is 11.0. The Morgan fingerprint density at radius 3 is 2.67 bits per heavy atom. The molecule has 0 saturated carbocycles. The molecule has 3 heteroatoms. The first-order valence-electron chi connectivity index (χ1n) is 6.53. The van der Waals surface area contributed by atoms with Crippen LogP contribution in [0.15, 0.2) is 40.2 Å². The van der Waals surface area contributed by atoms with Crippen molar-refractivity contribution in [2.75, 3.05) is 5.75 Å². The molecule has 0 amide bonds. The summed E-state index contributed by atoms with van der Waals surface area (Å²) in [7, 11) is 0. The van der Waals surface area contributed by atoms with E-state index < -0.39 is 0 Å². The zero-order valence-electron chi connectivity index (χ0n) is 11.0. The third-order valence-electron chi connectivity index (χ3n) is 2.88. The van der Waals surface area contributed by atoms with Gasteiger partial charge in [-0.3, -0.25) is 4.79 Å². The number of benzene rings is 1. The second-order valence-corrected chi connectivity index (χ2v) is 5.52. The zero-order chi connectivity index (χ0) is 13.0. The molecule has 0 unspecified atom stereocenters. The Morgan fingerprint density at radius 1 is 1.17 bits per heavy atom. The molecule has 2 rings (SSSR count). The molecule has 1 aromatic heterocycles. The molecule has 96 valence electrons. The molecule has 0 saturated heterocycles. The third kappa shape index (κ3) is 2.61. The van der Waals surface area contributed by atoms with Gasteiger partial charge < -0.3 is 4.57 Å². The first-order valence-corrected chi connectivity index (χ1v) is 7.51. The van der Waals surface area contributed by atoms with E-state index in [9.17, 15) is 4.79 Å². The van der Waals surface area contributed by atoms with Crippen LogP contribution in [0.3, 0.4) is 0 Å². The molecule has 0 aliphatic heterocycles. The van der Waals surface area contributed by atoms with Gasteiger partial charge in [0, 0.05) is 18.1 Å². The lowest BCUT2D eigenvalue weighted by Crippen LogP contribution is -2.11. The van der Waals surface area contributed by atoms with Crippen LogP contribution in [0, 0.1) is 0 Å². The number of hydrogen-bond acceptors (Lipinski definition) is 2. The molecular weight excluding hydrogens is 242 g/mol. The largest absolute Gasteiger partial charge is 0.346 e. The Kier molecular flexibility index (Phi) is 4.48. The van der Waals surface area contributed by atoms with Crippen molar-refractivity contribution in [1.29, 1.82) is 0 Å². The van der Waals surface area contributed by atoms with Gasteiger partial charge in [-0.1, -0.05) is 26.0 Å². The second kappa shape index (κ2) is 6.10. The number of fused-ring (bicyclic) bond motifs is 1. The van der Waals surface area contributed by atoms with E-state index in [1.165, 1.54) is 0 Å². The topological polar surface area (TPSA) is 22.0 Å². The number of rotatable bonds is 5. The second-order valence-electron chi connectivity index (χ2n) is 4.38. The van der Waals surface area contributed by atoms with Crippen molar-refractivity contribution in [3.8, 4) is 0 Å². The van der Waals surface area contributed by atoms with Crippen LogP contribution in [0.5, 0.6) is 0 Å². The molecule has 2 aromatic rings. The first kappa shape index (κ1) is 13.2. The van der Waals surface area contributed by atoms with Gasteiger partial charge in [0.1, 0.15) is 0 Å². The van der Waals surface area contributed by atoms with Crippen LogP contribution < -0.4 is 5.43 Å². The summed E-state index contributed by atoms with van der Waals surface area (Å²) >= 11 is 1.67. The van der Waals surface area contributed by atoms with Crippen molar-refractivity contribution < 1.29 is 0 Å². The van der Waals surface area contributed by atoms with Crippen molar-refractivity contribution in [1.82, 2.24) is 4.57 Å². The number of pyridine rings is 1. The maximum absolute atomic E-state index is 12.4. The smallest absolute Gasteiger partial charge is 0.202 e. The maximum Gasteiger partial charge on any atom is 0.202 e. The molecule has 0 spiro atoms. The van der Waals surface area contributed by atoms with Crippen LogP contribution in [0.4, 0.5) is 0 Å². The Morgan fingerprint density at radius 2 is 1.94 bits per heavy atom. The molecule has 0 N–H and O–H groups in total. The minimum absolute atomic E-state index is 0.177. The monoisotopic (exact) mass is 261 g/mol. The van der Waals surface area contributed by atoms with E-state index >= 15 is 0 Å². The van der Waals surface area contributed by atoms with Gasteiger partial charge in [-0.05, 0) is 30.7 Å². The number of thioether (sulfide) groups is 1. The Hall–Kier alpha value is -1.22. The highest BCUT2D eigenvalue weighted by Gasteiger charge is 2.08. The van der Waals surface area contributed by atoms with Gasteiger partial charge in [0.15, 0.2) is 0 Å². The minimum Gasteiger partial charge on any atom is -0.346 e.